The van der Waals surface area contributed by atoms with Gasteiger partial charge in [0.1, 0.15) is 0 Å². The van der Waals surface area contributed by atoms with Crippen LogP contribution in [0.25, 0.3) is 6.08 Å². The molecule has 0 unspecified atom stereocenters. The van der Waals surface area contributed by atoms with Gasteiger partial charge in [0, 0.05) is 18.1 Å². The highest BCUT2D eigenvalue weighted by Crippen LogP contribution is 2.38. The molecular formula is C13H12N2S3. The molecule has 5 heteroatoms. The zero-order valence-electron chi connectivity index (χ0n) is 9.60. The van der Waals surface area contributed by atoms with Crippen molar-refractivity contribution in [1.82, 2.24) is 9.97 Å². The molecule has 1 aromatic heterocycles. The lowest BCUT2D eigenvalue weighted by molar-refractivity contribution is 0.973. The second kappa shape index (κ2) is 8.24. The lowest BCUT2D eigenvalue weighted by Crippen LogP contribution is -1.78. The molecule has 2 rings (SSSR count). The van der Waals surface area contributed by atoms with E-state index < -0.39 is 0 Å². The molecule has 2 nitrogen and oxygen atoms in total. The Kier molecular flexibility index (Phi) is 6.19. The highest BCUT2D eigenvalue weighted by atomic mass is 33.5. The Morgan fingerprint density at radius 3 is 2.56 bits per heavy atom. The predicted molar refractivity (Wildman–Crippen MR) is 83.4 cm³/mol. The second-order valence-electron chi connectivity index (χ2n) is 3.28. The maximum atomic E-state index is 4.14. The number of hydrogen-bond acceptors (Lipinski definition) is 5. The van der Waals surface area contributed by atoms with Crippen LogP contribution in [0.4, 0.5) is 0 Å². The number of rotatable bonds is 6. The maximum absolute atomic E-state index is 4.14. The van der Waals surface area contributed by atoms with Crippen molar-refractivity contribution < 1.29 is 0 Å². The lowest BCUT2D eigenvalue weighted by atomic mass is 10.2. The molecule has 0 spiro atoms. The third-order valence-corrected chi connectivity index (χ3v) is 5.65. The first-order chi connectivity index (χ1) is 8.95. The van der Waals surface area contributed by atoms with Crippen molar-refractivity contribution in [3.63, 3.8) is 0 Å². The third kappa shape index (κ3) is 5.16. The quantitative estimate of drug-likeness (QED) is 0.441. The number of aromatic nitrogens is 2. The fourth-order valence-electron chi connectivity index (χ4n) is 1.20. The summed E-state index contributed by atoms with van der Waals surface area (Å²) in [7, 11) is 5.07. The summed E-state index contributed by atoms with van der Waals surface area (Å²) in [6.07, 6.45) is 7.82. The van der Waals surface area contributed by atoms with Crippen LogP contribution in [0, 0.1) is 0 Å². The van der Waals surface area contributed by atoms with Crippen LogP contribution < -0.4 is 0 Å². The summed E-state index contributed by atoms with van der Waals surface area (Å²) in [6, 6.07) is 12.1. The SMILES string of the molecule is C(=C\c1ccccc1)/CSSSc1ncccn1. The molecule has 18 heavy (non-hydrogen) atoms. The summed E-state index contributed by atoms with van der Waals surface area (Å²) in [5.74, 6) is 0.972. The van der Waals surface area contributed by atoms with Crippen LogP contribution in [-0.2, 0) is 0 Å². The molecule has 0 saturated carbocycles. The minimum absolute atomic E-state index is 0.807. The molecule has 92 valence electrons. The summed E-state index contributed by atoms with van der Waals surface area (Å²) in [5, 5.41) is 0.807. The largest absolute Gasteiger partial charge is 0.230 e. The van der Waals surface area contributed by atoms with Crippen LogP contribution in [0.15, 0.2) is 60.0 Å². The molecule has 0 amide bonds. The summed E-state index contributed by atoms with van der Waals surface area (Å²) < 4.78 is 0. The first kappa shape index (κ1) is 13.5. The van der Waals surface area contributed by atoms with E-state index in [0.29, 0.717) is 0 Å². The third-order valence-electron chi connectivity index (χ3n) is 1.97. The Morgan fingerprint density at radius 1 is 1.00 bits per heavy atom. The van der Waals surface area contributed by atoms with E-state index in [0.717, 1.165) is 10.9 Å². The van der Waals surface area contributed by atoms with Crippen LogP contribution in [-0.4, -0.2) is 15.7 Å². The van der Waals surface area contributed by atoms with Gasteiger partial charge in [0.15, 0.2) is 5.16 Å². The molecular weight excluding hydrogens is 280 g/mol. The van der Waals surface area contributed by atoms with Crippen molar-refractivity contribution >= 4 is 37.5 Å². The molecule has 0 N–H and O–H groups in total. The number of hydrogen-bond donors (Lipinski definition) is 0. The predicted octanol–water partition coefficient (Wildman–Crippen LogP) is 4.58. The fraction of sp³-hybridized carbons (Fsp3) is 0.0769. The van der Waals surface area contributed by atoms with Gasteiger partial charge in [-0.05, 0) is 32.2 Å². The van der Waals surface area contributed by atoms with Gasteiger partial charge < -0.3 is 0 Å². The van der Waals surface area contributed by atoms with Gasteiger partial charge in [-0.2, -0.15) is 0 Å². The van der Waals surface area contributed by atoms with Crippen LogP contribution in [0.2, 0.25) is 0 Å². The van der Waals surface area contributed by atoms with Crippen molar-refractivity contribution in [2.45, 2.75) is 5.16 Å². The standard InChI is InChI=1S/C13H12N2S3/c1-2-6-12(7-3-1)8-4-11-16-18-17-13-14-9-5-10-15-13/h1-10H,11H2/b8-4+. The first-order valence-electron chi connectivity index (χ1n) is 5.40. The van der Waals surface area contributed by atoms with E-state index in [1.165, 1.54) is 5.56 Å². The molecule has 0 aliphatic heterocycles. The van der Waals surface area contributed by atoms with Gasteiger partial charge >= 0.3 is 0 Å². The average molecular weight is 292 g/mol. The summed E-state index contributed by atoms with van der Waals surface area (Å²) in [6.45, 7) is 0. The van der Waals surface area contributed by atoms with Crippen LogP contribution in [0.5, 0.6) is 0 Å². The molecule has 0 bridgehead atoms. The van der Waals surface area contributed by atoms with Crippen molar-refractivity contribution in [2.24, 2.45) is 0 Å². The molecule has 0 aliphatic carbocycles. The molecule has 0 saturated heterocycles. The molecule has 1 aromatic carbocycles. The minimum atomic E-state index is 0.807. The molecule has 1 heterocycles. The van der Waals surface area contributed by atoms with Gasteiger partial charge in [0.05, 0.1) is 0 Å². The van der Waals surface area contributed by atoms with Gasteiger partial charge in [0.25, 0.3) is 0 Å². The second-order valence-corrected chi connectivity index (χ2v) is 7.36. The van der Waals surface area contributed by atoms with Gasteiger partial charge in [-0.25, -0.2) is 9.97 Å². The van der Waals surface area contributed by atoms with Crippen molar-refractivity contribution in [3.05, 3.63) is 60.4 Å². The molecule has 2 aromatic rings. The van der Waals surface area contributed by atoms with Gasteiger partial charge in [-0.1, -0.05) is 53.3 Å². The Morgan fingerprint density at radius 2 is 1.78 bits per heavy atom. The van der Waals surface area contributed by atoms with E-state index in [-0.39, 0.29) is 0 Å². The van der Waals surface area contributed by atoms with Crippen LogP contribution in [0.1, 0.15) is 5.56 Å². The van der Waals surface area contributed by atoms with Crippen LogP contribution >= 0.6 is 31.4 Å². The minimum Gasteiger partial charge on any atom is -0.230 e. The summed E-state index contributed by atoms with van der Waals surface area (Å²) in [5.41, 5.74) is 1.24. The zero-order valence-corrected chi connectivity index (χ0v) is 12.0. The Labute approximate surface area is 119 Å². The van der Waals surface area contributed by atoms with Crippen molar-refractivity contribution in [2.75, 3.05) is 5.75 Å². The normalized spacial score (nSPS) is 10.9. The Balaban J connectivity index is 1.63. The van der Waals surface area contributed by atoms with Crippen molar-refractivity contribution in [3.8, 4) is 0 Å². The van der Waals surface area contributed by atoms with E-state index in [2.05, 4.69) is 34.3 Å². The Hall–Kier alpha value is -0.910. The monoisotopic (exact) mass is 292 g/mol. The van der Waals surface area contributed by atoms with E-state index >= 15 is 0 Å². The first-order valence-corrected chi connectivity index (χ1v) is 9.05. The lowest BCUT2D eigenvalue weighted by Gasteiger charge is -1.96. The molecule has 0 fully saturated rings. The van der Waals surface area contributed by atoms with Gasteiger partial charge in [-0.15, -0.1) is 0 Å². The smallest absolute Gasteiger partial charge is 0.199 e. The number of nitrogens with zero attached hydrogens (tertiary/aromatic N) is 2. The highest BCUT2D eigenvalue weighted by Gasteiger charge is 1.95. The zero-order chi connectivity index (χ0) is 12.5. The van der Waals surface area contributed by atoms with Crippen LogP contribution in [0.3, 0.4) is 0 Å². The van der Waals surface area contributed by atoms with E-state index in [1.807, 2.05) is 24.3 Å². The van der Waals surface area contributed by atoms with Gasteiger partial charge in [-0.3, -0.25) is 0 Å². The van der Waals surface area contributed by atoms with E-state index in [1.54, 1.807) is 43.8 Å². The summed E-state index contributed by atoms with van der Waals surface area (Å²) >= 11 is 0. The number of benzene rings is 1. The topological polar surface area (TPSA) is 25.8 Å². The highest BCUT2D eigenvalue weighted by molar-refractivity contribution is 9.09. The fourth-order valence-corrected chi connectivity index (χ4v) is 4.21. The van der Waals surface area contributed by atoms with Crippen molar-refractivity contribution in [1.29, 1.82) is 0 Å². The summed E-state index contributed by atoms with van der Waals surface area (Å²) in [4.78, 5) is 8.29. The van der Waals surface area contributed by atoms with E-state index in [9.17, 15) is 0 Å². The Bertz CT molecular complexity index is 474. The maximum Gasteiger partial charge on any atom is 0.199 e. The molecule has 0 aliphatic rings. The average Bonchev–Trinajstić information content (AvgIpc) is 2.45. The van der Waals surface area contributed by atoms with E-state index in [4.69, 9.17) is 0 Å². The molecule has 0 atom stereocenters. The van der Waals surface area contributed by atoms with Gasteiger partial charge in [0.2, 0.25) is 0 Å². The molecule has 0 radical (unpaired) electrons.